The Hall–Kier alpha value is -1.06. The minimum Gasteiger partial charge on any atom is -0.378 e. The molecule has 0 atom stereocenters. The van der Waals surface area contributed by atoms with Crippen LogP contribution < -0.4 is 10.2 Å². The van der Waals surface area contributed by atoms with Gasteiger partial charge < -0.3 is 15.0 Å². The maximum absolute atomic E-state index is 5.82. The SMILES string of the molecule is CN(C)c1ccc(CNCCOC2CCCC2)cc1. The Morgan fingerprint density at radius 1 is 1.16 bits per heavy atom. The lowest BCUT2D eigenvalue weighted by Gasteiger charge is -2.13. The molecular weight excluding hydrogens is 236 g/mol. The van der Waals surface area contributed by atoms with Crippen LogP contribution in [-0.4, -0.2) is 33.4 Å². The van der Waals surface area contributed by atoms with Crippen molar-refractivity contribution in [1.82, 2.24) is 5.32 Å². The summed E-state index contributed by atoms with van der Waals surface area (Å²) in [5.74, 6) is 0. The Morgan fingerprint density at radius 2 is 1.84 bits per heavy atom. The molecule has 19 heavy (non-hydrogen) atoms. The van der Waals surface area contributed by atoms with E-state index in [9.17, 15) is 0 Å². The van der Waals surface area contributed by atoms with Gasteiger partial charge in [-0.2, -0.15) is 0 Å². The second-order valence-corrected chi connectivity index (χ2v) is 5.51. The van der Waals surface area contributed by atoms with Gasteiger partial charge in [-0.3, -0.25) is 0 Å². The van der Waals surface area contributed by atoms with Gasteiger partial charge in [0.15, 0.2) is 0 Å². The first-order valence-electron chi connectivity index (χ1n) is 7.34. The molecule has 1 aliphatic rings. The molecule has 0 heterocycles. The first-order valence-corrected chi connectivity index (χ1v) is 7.34. The van der Waals surface area contributed by atoms with Crippen molar-refractivity contribution in [3.05, 3.63) is 29.8 Å². The summed E-state index contributed by atoms with van der Waals surface area (Å²) in [6, 6.07) is 8.68. The van der Waals surface area contributed by atoms with Crippen molar-refractivity contribution in [2.24, 2.45) is 0 Å². The van der Waals surface area contributed by atoms with Gasteiger partial charge in [0.05, 0.1) is 12.7 Å². The number of anilines is 1. The van der Waals surface area contributed by atoms with Crippen LogP contribution in [0.15, 0.2) is 24.3 Å². The third-order valence-corrected chi connectivity index (χ3v) is 3.72. The maximum Gasteiger partial charge on any atom is 0.0594 e. The number of nitrogens with one attached hydrogen (secondary N) is 1. The average Bonchev–Trinajstić information content (AvgIpc) is 2.92. The van der Waals surface area contributed by atoms with Crippen molar-refractivity contribution in [2.45, 2.75) is 38.3 Å². The monoisotopic (exact) mass is 262 g/mol. The van der Waals surface area contributed by atoms with Crippen LogP contribution >= 0.6 is 0 Å². The summed E-state index contributed by atoms with van der Waals surface area (Å²) in [6.07, 6.45) is 5.73. The van der Waals surface area contributed by atoms with Gasteiger partial charge in [0.25, 0.3) is 0 Å². The van der Waals surface area contributed by atoms with Crippen LogP contribution in [-0.2, 0) is 11.3 Å². The Morgan fingerprint density at radius 3 is 2.47 bits per heavy atom. The van der Waals surface area contributed by atoms with E-state index in [2.05, 4.69) is 48.6 Å². The van der Waals surface area contributed by atoms with Crippen LogP contribution in [0.25, 0.3) is 0 Å². The molecule has 0 aliphatic heterocycles. The smallest absolute Gasteiger partial charge is 0.0594 e. The Bertz CT molecular complexity index is 356. The number of benzene rings is 1. The molecule has 1 N–H and O–H groups in total. The van der Waals surface area contributed by atoms with Crippen molar-refractivity contribution >= 4 is 5.69 Å². The third-order valence-electron chi connectivity index (χ3n) is 3.72. The van der Waals surface area contributed by atoms with Crippen LogP contribution in [0, 0.1) is 0 Å². The van der Waals surface area contributed by atoms with Crippen LogP contribution in [0.4, 0.5) is 5.69 Å². The van der Waals surface area contributed by atoms with Crippen molar-refractivity contribution in [3.63, 3.8) is 0 Å². The number of hydrogen-bond donors (Lipinski definition) is 1. The molecule has 2 rings (SSSR count). The largest absolute Gasteiger partial charge is 0.378 e. The molecule has 0 bridgehead atoms. The van der Waals surface area contributed by atoms with E-state index in [0.29, 0.717) is 6.10 Å². The molecule has 1 aliphatic carbocycles. The molecule has 0 aromatic heterocycles. The predicted octanol–water partition coefficient (Wildman–Crippen LogP) is 2.80. The summed E-state index contributed by atoms with van der Waals surface area (Å²) in [5, 5.41) is 3.44. The number of rotatable bonds is 7. The number of nitrogens with zero attached hydrogens (tertiary/aromatic N) is 1. The molecule has 1 aromatic carbocycles. The summed E-state index contributed by atoms with van der Waals surface area (Å²) >= 11 is 0. The number of hydrogen-bond acceptors (Lipinski definition) is 3. The minimum atomic E-state index is 0.529. The molecule has 0 radical (unpaired) electrons. The summed E-state index contributed by atoms with van der Waals surface area (Å²) in [5.41, 5.74) is 2.57. The third kappa shape index (κ3) is 4.84. The predicted molar refractivity (Wildman–Crippen MR) is 80.7 cm³/mol. The summed E-state index contributed by atoms with van der Waals surface area (Å²) in [4.78, 5) is 2.12. The highest BCUT2D eigenvalue weighted by Gasteiger charge is 2.14. The fourth-order valence-electron chi connectivity index (χ4n) is 2.50. The fraction of sp³-hybridized carbons (Fsp3) is 0.625. The van der Waals surface area contributed by atoms with Gasteiger partial charge in [-0.1, -0.05) is 25.0 Å². The zero-order chi connectivity index (χ0) is 13.5. The Labute approximate surface area is 116 Å². The highest BCUT2D eigenvalue weighted by atomic mass is 16.5. The van der Waals surface area contributed by atoms with Gasteiger partial charge in [0.2, 0.25) is 0 Å². The number of ether oxygens (including phenoxy) is 1. The zero-order valence-electron chi connectivity index (χ0n) is 12.2. The van der Waals surface area contributed by atoms with E-state index in [1.54, 1.807) is 0 Å². The van der Waals surface area contributed by atoms with Crippen molar-refractivity contribution in [2.75, 3.05) is 32.1 Å². The highest BCUT2D eigenvalue weighted by Crippen LogP contribution is 2.20. The van der Waals surface area contributed by atoms with Gasteiger partial charge in [0.1, 0.15) is 0 Å². The van der Waals surface area contributed by atoms with Gasteiger partial charge in [-0.25, -0.2) is 0 Å². The molecule has 106 valence electrons. The topological polar surface area (TPSA) is 24.5 Å². The molecule has 1 fully saturated rings. The zero-order valence-corrected chi connectivity index (χ0v) is 12.2. The van der Waals surface area contributed by atoms with Gasteiger partial charge in [-0.15, -0.1) is 0 Å². The van der Waals surface area contributed by atoms with E-state index in [1.807, 2.05) is 0 Å². The first-order chi connectivity index (χ1) is 9.25. The van der Waals surface area contributed by atoms with Crippen LogP contribution in [0.5, 0.6) is 0 Å². The summed E-state index contributed by atoms with van der Waals surface area (Å²) < 4.78 is 5.82. The van der Waals surface area contributed by atoms with Crippen molar-refractivity contribution < 1.29 is 4.74 Å². The highest BCUT2D eigenvalue weighted by molar-refractivity contribution is 5.45. The molecule has 0 amide bonds. The second-order valence-electron chi connectivity index (χ2n) is 5.51. The normalized spacial score (nSPS) is 15.9. The molecule has 1 saturated carbocycles. The van der Waals surface area contributed by atoms with Crippen LogP contribution in [0.2, 0.25) is 0 Å². The van der Waals surface area contributed by atoms with E-state index in [1.165, 1.54) is 36.9 Å². The molecule has 0 spiro atoms. The lowest BCUT2D eigenvalue weighted by Crippen LogP contribution is -2.21. The van der Waals surface area contributed by atoms with Crippen molar-refractivity contribution in [3.8, 4) is 0 Å². The average molecular weight is 262 g/mol. The van der Waals surface area contributed by atoms with E-state index in [0.717, 1.165) is 19.7 Å². The van der Waals surface area contributed by atoms with E-state index in [-0.39, 0.29) is 0 Å². The van der Waals surface area contributed by atoms with Crippen LogP contribution in [0.3, 0.4) is 0 Å². The molecule has 1 aromatic rings. The standard InChI is InChI=1S/C16H26N2O/c1-18(2)15-9-7-14(8-10-15)13-17-11-12-19-16-5-3-4-6-16/h7-10,16-17H,3-6,11-13H2,1-2H3. The van der Waals surface area contributed by atoms with Gasteiger partial charge >= 0.3 is 0 Å². The van der Waals surface area contributed by atoms with E-state index >= 15 is 0 Å². The lowest BCUT2D eigenvalue weighted by atomic mass is 10.2. The summed E-state index contributed by atoms with van der Waals surface area (Å²) in [6.45, 7) is 2.69. The van der Waals surface area contributed by atoms with Gasteiger partial charge in [-0.05, 0) is 30.5 Å². The molecule has 0 unspecified atom stereocenters. The minimum absolute atomic E-state index is 0.529. The van der Waals surface area contributed by atoms with E-state index < -0.39 is 0 Å². The summed E-state index contributed by atoms with van der Waals surface area (Å²) in [7, 11) is 4.13. The fourth-order valence-corrected chi connectivity index (χ4v) is 2.50. The molecular formula is C16H26N2O. The first kappa shape index (κ1) is 14.4. The Kier molecular flexibility index (Phi) is 5.67. The van der Waals surface area contributed by atoms with Gasteiger partial charge in [0, 0.05) is 32.9 Å². The van der Waals surface area contributed by atoms with E-state index in [4.69, 9.17) is 4.74 Å². The van der Waals surface area contributed by atoms with Crippen molar-refractivity contribution in [1.29, 1.82) is 0 Å². The second kappa shape index (κ2) is 7.51. The maximum atomic E-state index is 5.82. The molecule has 3 heteroatoms. The molecule has 3 nitrogen and oxygen atoms in total. The quantitative estimate of drug-likeness (QED) is 0.765. The molecule has 0 saturated heterocycles. The lowest BCUT2D eigenvalue weighted by molar-refractivity contribution is 0.0603. The Balaban J connectivity index is 1.59. The van der Waals surface area contributed by atoms with Crippen LogP contribution in [0.1, 0.15) is 31.2 Å².